The number of amides is 1. The molecule has 0 saturated carbocycles. The van der Waals surface area contributed by atoms with Gasteiger partial charge in [-0.2, -0.15) is 4.37 Å². The van der Waals surface area contributed by atoms with Crippen molar-refractivity contribution in [2.45, 2.75) is 6.92 Å². The molecule has 0 atom stereocenters. The van der Waals surface area contributed by atoms with Crippen molar-refractivity contribution < 1.29 is 19.8 Å². The van der Waals surface area contributed by atoms with E-state index in [4.69, 9.17) is 5.11 Å². The Morgan fingerprint density at radius 2 is 2.00 bits per heavy atom. The van der Waals surface area contributed by atoms with Crippen LogP contribution >= 0.6 is 56.7 Å². The van der Waals surface area contributed by atoms with Gasteiger partial charge in [0.15, 0.2) is 0 Å². The molecule has 110 valence electrons. The maximum absolute atomic E-state index is 12.2. The molecule has 0 fully saturated rings. The summed E-state index contributed by atoms with van der Waals surface area (Å²) >= 11 is 4.85. The number of carboxylic acids is 1. The van der Waals surface area contributed by atoms with Crippen molar-refractivity contribution >= 4 is 73.6 Å². The van der Waals surface area contributed by atoms with E-state index in [0.717, 1.165) is 15.1 Å². The van der Waals surface area contributed by atoms with Crippen molar-refractivity contribution in [2.75, 3.05) is 5.32 Å². The van der Waals surface area contributed by atoms with E-state index < -0.39 is 11.9 Å². The van der Waals surface area contributed by atoms with Crippen LogP contribution in [0.25, 0.3) is 0 Å². The lowest BCUT2D eigenvalue weighted by molar-refractivity contribution is 0.0697. The summed E-state index contributed by atoms with van der Waals surface area (Å²) in [5.74, 6) is -1.86. The summed E-state index contributed by atoms with van der Waals surface area (Å²) in [6.07, 6.45) is 0. The number of hydrogen-bond acceptors (Lipinski definition) is 5. The lowest BCUT2D eigenvalue weighted by Crippen LogP contribution is -2.14. The number of aromatic nitrogens is 1. The zero-order chi connectivity index (χ0) is 15.7. The third kappa shape index (κ3) is 3.45. The van der Waals surface area contributed by atoms with Crippen LogP contribution in [-0.2, 0) is 0 Å². The van der Waals surface area contributed by atoms with E-state index in [1.807, 2.05) is 45.2 Å². The highest BCUT2D eigenvalue weighted by Crippen LogP contribution is 2.29. The van der Waals surface area contributed by atoms with Gasteiger partial charge in [0.2, 0.25) is 0 Å². The molecule has 0 radical (unpaired) electrons. The van der Waals surface area contributed by atoms with Crippen LogP contribution in [0, 0.1) is 14.1 Å². The second kappa shape index (κ2) is 6.44. The highest BCUT2D eigenvalue weighted by molar-refractivity contribution is 14.1. The van der Waals surface area contributed by atoms with Crippen LogP contribution in [0.4, 0.5) is 5.00 Å². The molecule has 2 aromatic rings. The third-order valence-corrected chi connectivity index (χ3v) is 4.88. The number of nitrogens with zero attached hydrogens (tertiary/aromatic N) is 1. The number of rotatable bonds is 3. The molecule has 0 spiro atoms. The number of carboxylic acid groups (broad SMARTS) is 1. The standard InChI is InChI=1S/C12H8I2N2O4S/c1-4-8(12(19)20)11(21-16-4)15-10(18)6-2-5(13)3-7(14)9(6)17/h2-3,17H,1H3,(H,15,18)(H,19,20). The SMILES string of the molecule is Cc1nsc(NC(=O)c2cc(I)cc(I)c2O)c1C(=O)O. The lowest BCUT2D eigenvalue weighted by atomic mass is 10.2. The van der Waals surface area contributed by atoms with Crippen LogP contribution in [0.1, 0.15) is 26.4 Å². The van der Waals surface area contributed by atoms with Crippen LogP contribution < -0.4 is 5.32 Å². The van der Waals surface area contributed by atoms with Gasteiger partial charge in [-0.1, -0.05) is 0 Å². The number of carbonyl (C=O) groups excluding carboxylic acids is 1. The number of anilines is 1. The Morgan fingerprint density at radius 3 is 2.62 bits per heavy atom. The topological polar surface area (TPSA) is 99.5 Å². The monoisotopic (exact) mass is 530 g/mol. The van der Waals surface area contributed by atoms with E-state index in [0.29, 0.717) is 9.26 Å². The average Bonchev–Trinajstić information content (AvgIpc) is 2.74. The van der Waals surface area contributed by atoms with E-state index in [1.165, 1.54) is 6.07 Å². The first-order valence-electron chi connectivity index (χ1n) is 5.50. The first-order chi connectivity index (χ1) is 9.81. The van der Waals surface area contributed by atoms with Crippen LogP contribution in [0.5, 0.6) is 5.75 Å². The lowest BCUT2D eigenvalue weighted by Gasteiger charge is -2.08. The Bertz CT molecular complexity index is 745. The van der Waals surface area contributed by atoms with Crippen LogP contribution in [-0.4, -0.2) is 26.5 Å². The number of nitrogens with one attached hydrogen (secondary N) is 1. The Hall–Kier alpha value is -0.950. The smallest absolute Gasteiger partial charge is 0.340 e. The van der Waals surface area contributed by atoms with Gasteiger partial charge in [0.05, 0.1) is 14.8 Å². The highest BCUT2D eigenvalue weighted by Gasteiger charge is 2.21. The van der Waals surface area contributed by atoms with Crippen molar-refractivity contribution in [1.82, 2.24) is 4.37 Å². The Kier molecular flexibility index (Phi) is 5.03. The quantitative estimate of drug-likeness (QED) is 0.530. The van der Waals surface area contributed by atoms with Gasteiger partial charge in [-0.3, -0.25) is 4.79 Å². The summed E-state index contributed by atoms with van der Waals surface area (Å²) in [5, 5.41) is 21.7. The third-order valence-electron chi connectivity index (χ3n) is 2.58. The molecule has 21 heavy (non-hydrogen) atoms. The molecule has 6 nitrogen and oxygen atoms in total. The zero-order valence-corrected chi connectivity index (χ0v) is 15.6. The van der Waals surface area contributed by atoms with Crippen molar-refractivity contribution in [3.05, 3.63) is 36.1 Å². The molecule has 9 heteroatoms. The van der Waals surface area contributed by atoms with Crippen molar-refractivity contribution in [2.24, 2.45) is 0 Å². The Balaban J connectivity index is 2.38. The van der Waals surface area contributed by atoms with Crippen molar-refractivity contribution in [3.63, 3.8) is 0 Å². The number of aryl methyl sites for hydroxylation is 1. The Labute approximate surface area is 151 Å². The molecule has 0 bridgehead atoms. The van der Waals surface area contributed by atoms with E-state index >= 15 is 0 Å². The summed E-state index contributed by atoms with van der Waals surface area (Å²) in [5.41, 5.74) is 0.395. The minimum atomic E-state index is -1.15. The number of halogens is 2. The van der Waals surface area contributed by atoms with Gasteiger partial charge in [-0.05, 0) is 75.8 Å². The molecule has 1 aromatic carbocycles. The molecule has 0 saturated heterocycles. The van der Waals surface area contributed by atoms with Crippen molar-refractivity contribution in [1.29, 1.82) is 0 Å². The fourth-order valence-corrected chi connectivity index (χ4v) is 4.25. The molecule has 1 amide bonds. The second-order valence-corrected chi connectivity index (χ2v) is 7.20. The molecular formula is C12H8I2N2O4S. The molecule has 1 heterocycles. The fraction of sp³-hybridized carbons (Fsp3) is 0.0833. The molecule has 1 aromatic heterocycles. The number of aromatic hydroxyl groups is 1. The molecule has 0 aliphatic heterocycles. The van der Waals surface area contributed by atoms with E-state index in [9.17, 15) is 14.7 Å². The Morgan fingerprint density at radius 1 is 1.33 bits per heavy atom. The summed E-state index contributed by atoms with van der Waals surface area (Å²) < 4.78 is 5.26. The average molecular weight is 530 g/mol. The van der Waals surface area contributed by atoms with Gasteiger partial charge >= 0.3 is 5.97 Å². The molecule has 0 unspecified atom stereocenters. The minimum Gasteiger partial charge on any atom is -0.506 e. The summed E-state index contributed by atoms with van der Waals surface area (Å²) in [4.78, 5) is 23.4. The number of phenolic OH excluding ortho intramolecular Hbond substituents is 1. The molecule has 0 aliphatic rings. The summed E-state index contributed by atoms with van der Waals surface area (Å²) in [6.45, 7) is 1.56. The van der Waals surface area contributed by atoms with Gasteiger partial charge in [-0.25, -0.2) is 4.79 Å². The van der Waals surface area contributed by atoms with Crippen LogP contribution in [0.15, 0.2) is 12.1 Å². The molecule has 2 rings (SSSR count). The number of benzene rings is 1. The summed E-state index contributed by atoms with van der Waals surface area (Å²) in [7, 11) is 0. The zero-order valence-electron chi connectivity index (χ0n) is 10.5. The molecule has 0 aliphatic carbocycles. The maximum atomic E-state index is 12.2. The first kappa shape index (κ1) is 16.4. The fourth-order valence-electron chi connectivity index (χ4n) is 1.62. The van der Waals surface area contributed by atoms with Gasteiger partial charge < -0.3 is 15.5 Å². The van der Waals surface area contributed by atoms with Gasteiger partial charge in [-0.15, -0.1) is 0 Å². The van der Waals surface area contributed by atoms with Gasteiger partial charge in [0.1, 0.15) is 16.3 Å². The molecule has 3 N–H and O–H groups in total. The number of aromatic carboxylic acids is 1. The molecular weight excluding hydrogens is 522 g/mol. The van der Waals surface area contributed by atoms with E-state index in [-0.39, 0.29) is 21.9 Å². The predicted molar refractivity (Wildman–Crippen MR) is 95.3 cm³/mol. The maximum Gasteiger partial charge on any atom is 0.340 e. The van der Waals surface area contributed by atoms with Gasteiger partial charge in [0, 0.05) is 3.57 Å². The normalized spacial score (nSPS) is 10.4. The number of hydrogen-bond donors (Lipinski definition) is 3. The van der Waals surface area contributed by atoms with Crippen LogP contribution in [0.3, 0.4) is 0 Å². The van der Waals surface area contributed by atoms with E-state index in [2.05, 4.69) is 9.69 Å². The minimum absolute atomic E-state index is 0.0341. The first-order valence-corrected chi connectivity index (χ1v) is 8.43. The number of carbonyl (C=O) groups is 2. The van der Waals surface area contributed by atoms with E-state index in [1.54, 1.807) is 13.0 Å². The van der Waals surface area contributed by atoms with Crippen LogP contribution in [0.2, 0.25) is 0 Å². The predicted octanol–water partition coefficient (Wildman–Crippen LogP) is 3.32. The second-order valence-electron chi connectivity index (χ2n) is 4.02. The summed E-state index contributed by atoms with van der Waals surface area (Å²) in [6, 6.07) is 3.26. The van der Waals surface area contributed by atoms with Crippen molar-refractivity contribution in [3.8, 4) is 5.75 Å². The highest BCUT2D eigenvalue weighted by atomic mass is 127. The largest absolute Gasteiger partial charge is 0.506 e. The number of phenols is 1. The van der Waals surface area contributed by atoms with Gasteiger partial charge in [0.25, 0.3) is 5.91 Å².